The van der Waals surface area contributed by atoms with E-state index in [4.69, 9.17) is 22.8 Å². The van der Waals surface area contributed by atoms with Gasteiger partial charge in [0.25, 0.3) is 0 Å². The lowest BCUT2D eigenvalue weighted by atomic mass is 10.7. The zero-order valence-electron chi connectivity index (χ0n) is 11.2. The molecular formula is C9H23NO5Si2. The molecule has 0 amide bonds. The van der Waals surface area contributed by atoms with Gasteiger partial charge in [0.05, 0.1) is 0 Å². The van der Waals surface area contributed by atoms with Gasteiger partial charge in [-0.2, -0.15) is 0 Å². The van der Waals surface area contributed by atoms with Crippen LogP contribution in [0.3, 0.4) is 0 Å². The van der Waals surface area contributed by atoms with E-state index in [0.29, 0.717) is 0 Å². The van der Waals surface area contributed by atoms with Crippen LogP contribution in [-0.4, -0.2) is 65.2 Å². The maximum absolute atomic E-state index is 5.52. The fourth-order valence-corrected chi connectivity index (χ4v) is 11.1. The maximum Gasteiger partial charge on any atom is 0.497 e. The van der Waals surface area contributed by atoms with E-state index in [2.05, 4.69) is 5.32 Å². The molecular weight excluding hydrogens is 258 g/mol. The van der Waals surface area contributed by atoms with Crippen LogP contribution >= 0.6 is 0 Å². The van der Waals surface area contributed by atoms with Gasteiger partial charge in [-0.05, 0) is 12.6 Å². The van der Waals surface area contributed by atoms with Gasteiger partial charge in [-0.1, -0.05) is 0 Å². The van der Waals surface area contributed by atoms with Crippen molar-refractivity contribution in [2.45, 2.75) is 17.2 Å². The zero-order valence-corrected chi connectivity index (χ0v) is 13.4. The summed E-state index contributed by atoms with van der Waals surface area (Å²) in [6, 6.07) is 1.08. The first-order valence-corrected chi connectivity index (χ1v) is 9.77. The average Bonchev–Trinajstić information content (AvgIpc) is 2.79. The summed E-state index contributed by atoms with van der Waals surface area (Å²) in [6.07, 6.45) is 0. The molecule has 0 aromatic carbocycles. The predicted octanol–water partition coefficient (Wildman–Crippen LogP) is -0.280. The molecule has 1 unspecified atom stereocenters. The van der Waals surface area contributed by atoms with Gasteiger partial charge < -0.3 is 22.8 Å². The first kappa shape index (κ1) is 15.3. The first-order valence-electron chi connectivity index (χ1n) is 5.62. The molecule has 0 radical (unpaired) electrons. The summed E-state index contributed by atoms with van der Waals surface area (Å²) in [7, 11) is 4.32. The summed E-state index contributed by atoms with van der Waals surface area (Å²) in [4.78, 5) is 0. The minimum Gasteiger partial charge on any atom is -0.377 e. The highest BCUT2D eigenvalue weighted by atomic mass is 28.4. The van der Waals surface area contributed by atoms with Crippen LogP contribution in [0.4, 0.5) is 0 Å². The lowest BCUT2D eigenvalue weighted by Gasteiger charge is -2.35. The van der Waals surface area contributed by atoms with Crippen molar-refractivity contribution in [3.05, 3.63) is 0 Å². The molecule has 1 aliphatic rings. The van der Waals surface area contributed by atoms with Crippen LogP contribution in [0, 0.1) is 0 Å². The summed E-state index contributed by atoms with van der Waals surface area (Å²) >= 11 is 0. The summed E-state index contributed by atoms with van der Waals surface area (Å²) < 4.78 is 27.5. The molecule has 102 valence electrons. The van der Waals surface area contributed by atoms with Crippen LogP contribution < -0.4 is 5.32 Å². The van der Waals surface area contributed by atoms with Gasteiger partial charge in [0.15, 0.2) is 0 Å². The lowest BCUT2D eigenvalue weighted by molar-refractivity contribution is -0.162. The van der Waals surface area contributed by atoms with Gasteiger partial charge in [-0.25, -0.2) is 0 Å². The van der Waals surface area contributed by atoms with Crippen molar-refractivity contribution in [1.29, 1.82) is 0 Å². The molecule has 8 heteroatoms. The van der Waals surface area contributed by atoms with E-state index >= 15 is 0 Å². The lowest BCUT2D eigenvalue weighted by Crippen LogP contribution is -2.58. The van der Waals surface area contributed by atoms with Crippen molar-refractivity contribution in [3.63, 3.8) is 0 Å². The Hall–Kier alpha value is 0.194. The van der Waals surface area contributed by atoms with Crippen molar-refractivity contribution in [1.82, 2.24) is 5.32 Å². The largest absolute Gasteiger partial charge is 0.497 e. The van der Waals surface area contributed by atoms with Gasteiger partial charge in [-0.3, -0.25) is 5.32 Å². The zero-order chi connectivity index (χ0) is 12.9. The Balaban J connectivity index is 2.78. The third kappa shape index (κ3) is 2.96. The van der Waals surface area contributed by atoms with Gasteiger partial charge in [0.2, 0.25) is 5.53 Å². The van der Waals surface area contributed by atoms with Crippen molar-refractivity contribution in [2.75, 3.05) is 42.1 Å². The predicted molar refractivity (Wildman–Crippen MR) is 68.3 cm³/mol. The molecule has 1 fully saturated rings. The van der Waals surface area contributed by atoms with Crippen molar-refractivity contribution < 1.29 is 22.8 Å². The molecule has 1 aliphatic heterocycles. The second-order valence-electron chi connectivity index (χ2n) is 3.99. The molecule has 1 rings (SSSR count). The fraction of sp³-hybridized carbons (Fsp3) is 1.00. The van der Waals surface area contributed by atoms with E-state index < -0.39 is 23.1 Å². The minimum absolute atomic E-state index is 0.617. The second-order valence-corrected chi connectivity index (χ2v) is 10.9. The molecule has 1 saturated heterocycles. The topological polar surface area (TPSA) is 58.2 Å². The van der Waals surface area contributed by atoms with Crippen molar-refractivity contribution >= 4 is 17.6 Å². The molecule has 0 aromatic heterocycles. The van der Waals surface area contributed by atoms with E-state index in [1.54, 1.807) is 35.5 Å². The number of nitrogens with one attached hydrogen (secondary N) is 1. The third-order valence-corrected chi connectivity index (χ3v) is 12.0. The standard InChI is InChI=1S/C9H23NO5Si2/c1-11-9(12-2)10-6-7-16(9)8-17(13-3,14-4)15-5/h10,16H,6-8H2,1-5H3. The average molecular weight is 281 g/mol. The number of ether oxygens (including phenoxy) is 2. The molecule has 1 N–H and O–H groups in total. The summed E-state index contributed by atoms with van der Waals surface area (Å²) in [6.45, 7) is 0.903. The van der Waals surface area contributed by atoms with Crippen LogP contribution in [0.5, 0.6) is 0 Å². The first-order chi connectivity index (χ1) is 8.12. The van der Waals surface area contributed by atoms with Crippen molar-refractivity contribution in [3.8, 4) is 0 Å². The van der Waals surface area contributed by atoms with E-state index in [1.807, 2.05) is 0 Å². The van der Waals surface area contributed by atoms with E-state index in [-0.39, 0.29) is 0 Å². The van der Waals surface area contributed by atoms with Crippen LogP contribution in [-0.2, 0) is 22.8 Å². The molecule has 0 bridgehead atoms. The fourth-order valence-electron chi connectivity index (χ4n) is 2.35. The van der Waals surface area contributed by atoms with Crippen LogP contribution in [0.15, 0.2) is 0 Å². The van der Waals surface area contributed by atoms with Gasteiger partial charge in [0.1, 0.15) is 8.80 Å². The molecule has 1 atom stereocenters. The highest BCUT2D eigenvalue weighted by Crippen LogP contribution is 2.28. The van der Waals surface area contributed by atoms with Gasteiger partial charge >= 0.3 is 8.80 Å². The minimum atomic E-state index is -2.54. The highest BCUT2D eigenvalue weighted by molar-refractivity contribution is 6.80. The Morgan fingerprint density at radius 3 is 2.00 bits per heavy atom. The highest BCUT2D eigenvalue weighted by Gasteiger charge is 2.52. The molecule has 0 aromatic rings. The summed E-state index contributed by atoms with van der Waals surface area (Å²) in [5.74, 6) is 0. The van der Waals surface area contributed by atoms with Crippen LogP contribution in [0.2, 0.25) is 11.7 Å². The Bertz CT molecular complexity index is 227. The van der Waals surface area contributed by atoms with E-state index in [1.165, 1.54) is 0 Å². The Labute approximate surface area is 105 Å². The summed E-state index contributed by atoms with van der Waals surface area (Å²) in [5.41, 5.74) is 0.180. The number of methoxy groups -OCH3 is 2. The monoisotopic (exact) mass is 281 g/mol. The molecule has 6 nitrogen and oxygen atoms in total. The second kappa shape index (κ2) is 6.39. The smallest absolute Gasteiger partial charge is 0.377 e. The SMILES string of the molecule is COC1(OC)NCC[SiH]1C[Si](OC)(OC)OC. The number of hydrogen-bond acceptors (Lipinski definition) is 6. The Morgan fingerprint density at radius 2 is 1.59 bits per heavy atom. The van der Waals surface area contributed by atoms with Crippen LogP contribution in [0.25, 0.3) is 0 Å². The van der Waals surface area contributed by atoms with E-state index in [0.717, 1.165) is 18.3 Å². The van der Waals surface area contributed by atoms with E-state index in [9.17, 15) is 0 Å². The Morgan fingerprint density at radius 1 is 1.06 bits per heavy atom. The van der Waals surface area contributed by atoms with Crippen LogP contribution in [0.1, 0.15) is 0 Å². The normalized spacial score (nSPS) is 24.2. The molecule has 0 aliphatic carbocycles. The number of rotatable bonds is 7. The molecule has 17 heavy (non-hydrogen) atoms. The maximum atomic E-state index is 5.52. The Kier molecular flexibility index (Phi) is 5.73. The van der Waals surface area contributed by atoms with Gasteiger partial charge in [0, 0.05) is 41.2 Å². The summed E-state index contributed by atoms with van der Waals surface area (Å²) in [5, 5.41) is 3.29. The molecule has 0 saturated carbocycles. The molecule has 0 spiro atoms. The molecule has 1 heterocycles. The number of hydrogen-bond donors (Lipinski definition) is 1. The quantitative estimate of drug-likeness (QED) is 0.512. The van der Waals surface area contributed by atoms with Crippen molar-refractivity contribution in [2.24, 2.45) is 0 Å². The third-order valence-electron chi connectivity index (χ3n) is 3.44. The van der Waals surface area contributed by atoms with Gasteiger partial charge in [-0.15, -0.1) is 0 Å².